The number of barbiturate groups is 1. The predicted molar refractivity (Wildman–Crippen MR) is 136 cm³/mol. The van der Waals surface area contributed by atoms with E-state index in [9.17, 15) is 19.2 Å². The molecule has 1 heterocycles. The fraction of sp³-hybridized carbons (Fsp3) is 0.0400. The minimum Gasteiger partial charge on any atom is -0.422 e. The third-order valence-electron chi connectivity index (χ3n) is 4.99. The lowest BCUT2D eigenvalue weighted by Gasteiger charge is -2.26. The number of esters is 1. The number of amides is 4. The second kappa shape index (κ2) is 10.0. The molecule has 4 rings (SSSR count). The van der Waals surface area contributed by atoms with E-state index in [0.717, 1.165) is 10.5 Å². The van der Waals surface area contributed by atoms with Crippen LogP contribution < -0.4 is 15.0 Å². The van der Waals surface area contributed by atoms with Crippen molar-refractivity contribution in [3.63, 3.8) is 0 Å². The van der Waals surface area contributed by atoms with E-state index in [1.54, 1.807) is 30.3 Å². The quantitative estimate of drug-likeness (QED) is 0.180. The van der Waals surface area contributed by atoms with E-state index in [4.69, 9.17) is 27.9 Å². The predicted octanol–water partition coefficient (Wildman–Crippen LogP) is 5.95. The molecule has 0 radical (unpaired) electrons. The Morgan fingerprint density at radius 2 is 1.80 bits per heavy atom. The van der Waals surface area contributed by atoms with Gasteiger partial charge in [-0.25, -0.2) is 14.5 Å². The van der Waals surface area contributed by atoms with Gasteiger partial charge < -0.3 is 4.74 Å². The van der Waals surface area contributed by atoms with Crippen molar-refractivity contribution in [2.75, 3.05) is 4.90 Å². The molecule has 7 nitrogen and oxygen atoms in total. The number of benzene rings is 3. The van der Waals surface area contributed by atoms with Gasteiger partial charge in [0.2, 0.25) is 0 Å². The Kier molecular flexibility index (Phi) is 7.07. The van der Waals surface area contributed by atoms with E-state index in [-0.39, 0.29) is 27.5 Å². The minimum absolute atomic E-state index is 0.0660. The Labute approximate surface area is 218 Å². The Bertz CT molecular complexity index is 1440. The Morgan fingerprint density at radius 3 is 2.51 bits per heavy atom. The molecule has 1 saturated heterocycles. The fourth-order valence-electron chi connectivity index (χ4n) is 3.35. The Balaban J connectivity index is 1.72. The average Bonchev–Trinajstić information content (AvgIpc) is 2.78. The number of carbonyl (C=O) groups is 4. The highest BCUT2D eigenvalue weighted by Crippen LogP contribution is 2.30. The summed E-state index contributed by atoms with van der Waals surface area (Å²) in [5, 5.41) is 2.63. The van der Waals surface area contributed by atoms with Gasteiger partial charge >= 0.3 is 12.0 Å². The average molecular weight is 574 g/mol. The number of imide groups is 2. The molecule has 176 valence electrons. The van der Waals surface area contributed by atoms with E-state index < -0.39 is 23.8 Å². The lowest BCUT2D eigenvalue weighted by Crippen LogP contribution is -2.54. The molecule has 1 aliphatic heterocycles. The van der Waals surface area contributed by atoms with Crippen molar-refractivity contribution in [1.29, 1.82) is 0 Å². The zero-order chi connectivity index (χ0) is 25.3. The second-order valence-corrected chi connectivity index (χ2v) is 9.25. The van der Waals surface area contributed by atoms with Gasteiger partial charge in [0, 0.05) is 15.1 Å². The van der Waals surface area contributed by atoms with Gasteiger partial charge in [-0.05, 0) is 67.1 Å². The van der Waals surface area contributed by atoms with Gasteiger partial charge in [0.15, 0.2) is 0 Å². The Hall–Kier alpha value is -3.46. The van der Waals surface area contributed by atoms with Crippen LogP contribution in [0.15, 0.2) is 70.7 Å². The highest BCUT2D eigenvalue weighted by atomic mass is 79.9. The van der Waals surface area contributed by atoms with Crippen LogP contribution in [0.25, 0.3) is 6.08 Å². The fourth-order valence-corrected chi connectivity index (χ4v) is 4.21. The molecule has 0 aromatic heterocycles. The van der Waals surface area contributed by atoms with Crippen LogP contribution in [0.3, 0.4) is 0 Å². The number of halogens is 3. The number of rotatable bonds is 4. The second-order valence-electron chi connectivity index (χ2n) is 7.49. The van der Waals surface area contributed by atoms with Crippen molar-refractivity contribution in [2.24, 2.45) is 0 Å². The summed E-state index contributed by atoms with van der Waals surface area (Å²) in [7, 11) is 0. The molecule has 3 aromatic rings. The zero-order valence-electron chi connectivity index (χ0n) is 18.0. The zero-order valence-corrected chi connectivity index (χ0v) is 21.1. The van der Waals surface area contributed by atoms with Gasteiger partial charge in [-0.3, -0.25) is 14.9 Å². The molecule has 35 heavy (non-hydrogen) atoms. The summed E-state index contributed by atoms with van der Waals surface area (Å²) in [6, 6.07) is 14.9. The van der Waals surface area contributed by atoms with E-state index in [1.165, 1.54) is 30.3 Å². The van der Waals surface area contributed by atoms with Gasteiger partial charge in [0.1, 0.15) is 11.3 Å². The topological polar surface area (TPSA) is 92.8 Å². The number of anilines is 1. The number of hydrogen-bond donors (Lipinski definition) is 1. The van der Waals surface area contributed by atoms with Gasteiger partial charge in [-0.2, -0.15) is 0 Å². The van der Waals surface area contributed by atoms with Crippen molar-refractivity contribution in [2.45, 2.75) is 6.92 Å². The first-order valence-electron chi connectivity index (χ1n) is 10.1. The lowest BCUT2D eigenvalue weighted by molar-refractivity contribution is -0.122. The molecule has 0 unspecified atom stereocenters. The van der Waals surface area contributed by atoms with E-state index in [2.05, 4.69) is 21.2 Å². The molecule has 3 aromatic carbocycles. The summed E-state index contributed by atoms with van der Waals surface area (Å²) >= 11 is 15.3. The number of hydrogen-bond acceptors (Lipinski definition) is 5. The van der Waals surface area contributed by atoms with Crippen LogP contribution in [0.4, 0.5) is 10.5 Å². The molecule has 1 N–H and O–H groups in total. The minimum atomic E-state index is -0.873. The SMILES string of the molecule is Cc1cccc(N2C(=O)NC(=O)/C(=C/c3cc(Br)ccc3OC(=O)c3ccc(Cl)cc3Cl)C2=O)c1. The number of urea groups is 1. The molecule has 1 fully saturated rings. The molecule has 10 heteroatoms. The normalized spacial score (nSPS) is 14.8. The largest absolute Gasteiger partial charge is 0.422 e. The third kappa shape index (κ3) is 5.30. The molecule has 4 amide bonds. The molecular weight excluding hydrogens is 559 g/mol. The Morgan fingerprint density at radius 1 is 1.03 bits per heavy atom. The van der Waals surface area contributed by atoms with Gasteiger partial charge in [-0.1, -0.05) is 51.3 Å². The van der Waals surface area contributed by atoms with Gasteiger partial charge in [-0.15, -0.1) is 0 Å². The van der Waals surface area contributed by atoms with E-state index in [1.807, 2.05) is 13.0 Å². The van der Waals surface area contributed by atoms with Crippen molar-refractivity contribution in [1.82, 2.24) is 5.32 Å². The number of nitrogens with one attached hydrogen (secondary N) is 1. The van der Waals surface area contributed by atoms with Crippen LogP contribution >= 0.6 is 39.1 Å². The molecular formula is C25H15BrCl2N2O5. The van der Waals surface area contributed by atoms with Crippen LogP contribution in [0.1, 0.15) is 21.5 Å². The highest BCUT2D eigenvalue weighted by Gasteiger charge is 2.37. The number of aryl methyl sites for hydroxylation is 1. The van der Waals surface area contributed by atoms with Crippen molar-refractivity contribution in [3.8, 4) is 5.75 Å². The summed E-state index contributed by atoms with van der Waals surface area (Å²) < 4.78 is 6.11. The first-order valence-corrected chi connectivity index (χ1v) is 11.6. The summed E-state index contributed by atoms with van der Waals surface area (Å²) in [5.41, 5.74) is 1.15. The lowest BCUT2D eigenvalue weighted by atomic mass is 10.1. The van der Waals surface area contributed by atoms with Crippen LogP contribution in [-0.2, 0) is 9.59 Å². The van der Waals surface area contributed by atoms with E-state index >= 15 is 0 Å². The van der Waals surface area contributed by atoms with E-state index in [0.29, 0.717) is 15.2 Å². The van der Waals surface area contributed by atoms with Crippen molar-refractivity contribution in [3.05, 3.63) is 97.4 Å². The maximum atomic E-state index is 13.2. The van der Waals surface area contributed by atoms with Crippen LogP contribution in [0.2, 0.25) is 10.0 Å². The standard InChI is InChI=1S/C25H15BrCl2N2O5/c1-13-3-2-4-17(9-13)30-23(32)19(22(31)29-25(30)34)11-14-10-15(26)5-8-21(14)35-24(33)18-7-6-16(27)12-20(18)28/h2-12H,1H3,(H,29,31,34)/b19-11-. The first-order chi connectivity index (χ1) is 16.6. The first kappa shape index (κ1) is 24.7. The number of carbonyl (C=O) groups excluding carboxylic acids is 4. The monoisotopic (exact) mass is 572 g/mol. The maximum absolute atomic E-state index is 13.2. The van der Waals surface area contributed by atoms with Crippen molar-refractivity contribution >= 4 is 74.7 Å². The molecule has 0 spiro atoms. The molecule has 0 aliphatic carbocycles. The number of nitrogens with zero attached hydrogens (tertiary/aromatic N) is 1. The maximum Gasteiger partial charge on any atom is 0.345 e. The highest BCUT2D eigenvalue weighted by molar-refractivity contribution is 9.10. The molecule has 1 aliphatic rings. The summed E-state index contributed by atoms with van der Waals surface area (Å²) in [4.78, 5) is 51.8. The van der Waals surface area contributed by atoms with Gasteiger partial charge in [0.05, 0.1) is 16.3 Å². The summed E-state index contributed by atoms with van der Waals surface area (Å²) in [5.74, 6) is -2.38. The third-order valence-corrected chi connectivity index (χ3v) is 6.03. The van der Waals surface area contributed by atoms with Gasteiger partial charge in [0.25, 0.3) is 11.8 Å². The van der Waals surface area contributed by atoms with Crippen molar-refractivity contribution < 1.29 is 23.9 Å². The molecule has 0 atom stereocenters. The molecule has 0 bridgehead atoms. The van der Waals surface area contributed by atoms with Crippen LogP contribution in [0.5, 0.6) is 5.75 Å². The molecule has 0 saturated carbocycles. The summed E-state index contributed by atoms with van der Waals surface area (Å²) in [6.07, 6.45) is 1.25. The number of ether oxygens (including phenoxy) is 1. The van der Waals surface area contributed by atoms with Crippen LogP contribution in [-0.4, -0.2) is 23.8 Å². The smallest absolute Gasteiger partial charge is 0.345 e. The summed E-state index contributed by atoms with van der Waals surface area (Å²) in [6.45, 7) is 1.81. The van der Waals surface area contributed by atoms with Crippen LogP contribution in [0, 0.1) is 6.92 Å².